The third-order valence-electron chi connectivity index (χ3n) is 3.13. The number of halogens is 1. The van der Waals surface area contributed by atoms with E-state index in [0.717, 1.165) is 6.42 Å². The molecule has 2 N–H and O–H groups in total. The lowest BCUT2D eigenvalue weighted by Gasteiger charge is -2.32. The predicted molar refractivity (Wildman–Crippen MR) is 71.8 cm³/mol. The molecule has 18 heavy (non-hydrogen) atoms. The number of ether oxygens (including phenoxy) is 1. The number of carbonyl (C=O) groups is 1. The Balaban J connectivity index is 2.17. The van der Waals surface area contributed by atoms with E-state index in [2.05, 4.69) is 0 Å². The van der Waals surface area contributed by atoms with Crippen molar-refractivity contribution in [2.24, 2.45) is 0 Å². The number of hydrogen-bond donors (Lipinski definition) is 1. The van der Waals surface area contributed by atoms with Crippen LogP contribution in [0.15, 0.2) is 18.2 Å². The molecule has 1 atom stereocenters. The van der Waals surface area contributed by atoms with E-state index in [9.17, 15) is 4.79 Å². The first-order chi connectivity index (χ1) is 8.61. The van der Waals surface area contributed by atoms with Crippen molar-refractivity contribution in [1.82, 2.24) is 4.90 Å². The van der Waals surface area contributed by atoms with Gasteiger partial charge in [-0.15, -0.1) is 0 Å². The summed E-state index contributed by atoms with van der Waals surface area (Å²) < 4.78 is 5.55. The molecular formula is C13H17ClN2O2. The molecule has 1 saturated heterocycles. The second kappa shape index (κ2) is 5.59. The number of nitrogen functional groups attached to an aromatic ring is 1. The second-order valence-electron chi connectivity index (χ2n) is 4.38. The molecule has 0 aliphatic carbocycles. The minimum absolute atomic E-state index is 0.0725. The summed E-state index contributed by atoms with van der Waals surface area (Å²) in [5.41, 5.74) is 6.76. The fraction of sp³-hybridized carbons (Fsp3) is 0.462. The Hall–Kier alpha value is -1.26. The lowest BCUT2D eigenvalue weighted by molar-refractivity contribution is -0.0225. The quantitative estimate of drug-likeness (QED) is 0.837. The van der Waals surface area contributed by atoms with Crippen molar-refractivity contribution >= 4 is 23.2 Å². The van der Waals surface area contributed by atoms with Crippen molar-refractivity contribution < 1.29 is 9.53 Å². The number of morpholine rings is 1. The van der Waals surface area contributed by atoms with Gasteiger partial charge in [-0.1, -0.05) is 18.5 Å². The number of rotatable bonds is 2. The van der Waals surface area contributed by atoms with Crippen LogP contribution < -0.4 is 5.73 Å². The highest BCUT2D eigenvalue weighted by Crippen LogP contribution is 2.21. The molecular weight excluding hydrogens is 252 g/mol. The summed E-state index contributed by atoms with van der Waals surface area (Å²) >= 11 is 5.90. The van der Waals surface area contributed by atoms with Crippen molar-refractivity contribution in [1.29, 1.82) is 0 Å². The van der Waals surface area contributed by atoms with Crippen LogP contribution in [0.3, 0.4) is 0 Å². The van der Waals surface area contributed by atoms with Gasteiger partial charge >= 0.3 is 0 Å². The van der Waals surface area contributed by atoms with Crippen LogP contribution in [0.2, 0.25) is 5.02 Å². The summed E-state index contributed by atoms with van der Waals surface area (Å²) in [6.07, 6.45) is 1.01. The van der Waals surface area contributed by atoms with Gasteiger partial charge in [-0.05, 0) is 24.6 Å². The van der Waals surface area contributed by atoms with E-state index in [0.29, 0.717) is 36.0 Å². The summed E-state index contributed by atoms with van der Waals surface area (Å²) in [5.74, 6) is -0.0725. The molecule has 0 radical (unpaired) electrons. The highest BCUT2D eigenvalue weighted by molar-refractivity contribution is 6.31. The van der Waals surface area contributed by atoms with Crippen molar-refractivity contribution in [2.45, 2.75) is 19.4 Å². The van der Waals surface area contributed by atoms with Crippen molar-refractivity contribution in [3.05, 3.63) is 28.8 Å². The van der Waals surface area contributed by atoms with Gasteiger partial charge in [-0.2, -0.15) is 0 Å². The Morgan fingerprint density at radius 2 is 2.39 bits per heavy atom. The minimum atomic E-state index is -0.0725. The molecule has 1 aromatic carbocycles. The number of carbonyl (C=O) groups excluding carboxylic acids is 1. The normalized spacial score (nSPS) is 19.9. The van der Waals surface area contributed by atoms with Crippen LogP contribution >= 0.6 is 11.6 Å². The SMILES string of the molecule is CCC1CN(C(=O)c2cc(Cl)ccc2N)CCO1. The zero-order valence-corrected chi connectivity index (χ0v) is 11.1. The molecule has 1 aliphatic rings. The molecule has 1 fully saturated rings. The molecule has 4 nitrogen and oxygen atoms in total. The fourth-order valence-electron chi connectivity index (χ4n) is 2.03. The van der Waals surface area contributed by atoms with Gasteiger partial charge in [-0.25, -0.2) is 0 Å². The number of benzene rings is 1. The number of anilines is 1. The smallest absolute Gasteiger partial charge is 0.256 e. The summed E-state index contributed by atoms with van der Waals surface area (Å²) in [6, 6.07) is 4.96. The summed E-state index contributed by atoms with van der Waals surface area (Å²) in [5, 5.41) is 0.521. The highest BCUT2D eigenvalue weighted by Gasteiger charge is 2.25. The molecule has 1 heterocycles. The lowest BCUT2D eigenvalue weighted by Crippen LogP contribution is -2.45. The highest BCUT2D eigenvalue weighted by atomic mass is 35.5. The lowest BCUT2D eigenvalue weighted by atomic mass is 10.1. The monoisotopic (exact) mass is 268 g/mol. The largest absolute Gasteiger partial charge is 0.398 e. The van der Waals surface area contributed by atoms with Crippen LogP contribution in [0.5, 0.6) is 0 Å². The van der Waals surface area contributed by atoms with Gasteiger partial charge in [-0.3, -0.25) is 4.79 Å². The Kier molecular flexibility index (Phi) is 4.09. The zero-order valence-electron chi connectivity index (χ0n) is 10.4. The third kappa shape index (κ3) is 2.76. The van der Waals surface area contributed by atoms with Gasteiger partial charge < -0.3 is 15.4 Å². The average Bonchev–Trinajstić information content (AvgIpc) is 2.41. The molecule has 1 aliphatic heterocycles. The molecule has 98 valence electrons. The minimum Gasteiger partial charge on any atom is -0.398 e. The standard InChI is InChI=1S/C13H17ClN2O2/c1-2-10-8-16(5-6-18-10)13(17)11-7-9(14)3-4-12(11)15/h3-4,7,10H,2,5-6,8,15H2,1H3. The fourth-order valence-corrected chi connectivity index (χ4v) is 2.21. The van der Waals surface area contributed by atoms with Gasteiger partial charge in [0.15, 0.2) is 0 Å². The second-order valence-corrected chi connectivity index (χ2v) is 4.82. The van der Waals surface area contributed by atoms with E-state index in [1.165, 1.54) is 0 Å². The zero-order chi connectivity index (χ0) is 13.1. The summed E-state index contributed by atoms with van der Waals surface area (Å²) in [6.45, 7) is 3.83. The topological polar surface area (TPSA) is 55.6 Å². The van der Waals surface area contributed by atoms with E-state index < -0.39 is 0 Å². The van der Waals surface area contributed by atoms with E-state index in [1.807, 2.05) is 6.92 Å². The summed E-state index contributed by atoms with van der Waals surface area (Å²) in [4.78, 5) is 14.1. The van der Waals surface area contributed by atoms with Crippen LogP contribution in [-0.4, -0.2) is 36.6 Å². The Bertz CT molecular complexity index is 451. The molecule has 0 aromatic heterocycles. The van der Waals surface area contributed by atoms with Gasteiger partial charge in [0.05, 0.1) is 18.3 Å². The average molecular weight is 269 g/mol. The van der Waals surface area contributed by atoms with Crippen molar-refractivity contribution in [2.75, 3.05) is 25.4 Å². The first-order valence-electron chi connectivity index (χ1n) is 6.07. The number of nitrogens with zero attached hydrogens (tertiary/aromatic N) is 1. The molecule has 1 amide bonds. The van der Waals surface area contributed by atoms with Gasteiger partial charge in [0.2, 0.25) is 0 Å². The van der Waals surface area contributed by atoms with Crippen LogP contribution in [0, 0.1) is 0 Å². The van der Waals surface area contributed by atoms with Crippen LogP contribution in [0.25, 0.3) is 0 Å². The van der Waals surface area contributed by atoms with E-state index in [-0.39, 0.29) is 12.0 Å². The molecule has 5 heteroatoms. The van der Waals surface area contributed by atoms with Crippen molar-refractivity contribution in [3.8, 4) is 0 Å². The third-order valence-corrected chi connectivity index (χ3v) is 3.36. The predicted octanol–water partition coefficient (Wildman–Crippen LogP) is 2.17. The first-order valence-corrected chi connectivity index (χ1v) is 6.45. The Morgan fingerprint density at radius 1 is 1.61 bits per heavy atom. The molecule has 0 saturated carbocycles. The van der Waals surface area contributed by atoms with E-state index >= 15 is 0 Å². The maximum atomic E-state index is 12.4. The van der Waals surface area contributed by atoms with Crippen LogP contribution in [-0.2, 0) is 4.74 Å². The first kappa shape index (κ1) is 13.2. The molecule has 1 aromatic rings. The van der Waals surface area contributed by atoms with E-state index in [4.69, 9.17) is 22.1 Å². The van der Waals surface area contributed by atoms with Crippen molar-refractivity contribution in [3.63, 3.8) is 0 Å². The van der Waals surface area contributed by atoms with Gasteiger partial charge in [0, 0.05) is 23.8 Å². The Labute approximate surface area is 112 Å². The number of hydrogen-bond acceptors (Lipinski definition) is 3. The summed E-state index contributed by atoms with van der Waals surface area (Å²) in [7, 11) is 0. The molecule has 1 unspecified atom stereocenters. The van der Waals surface area contributed by atoms with Crippen LogP contribution in [0.4, 0.5) is 5.69 Å². The molecule has 2 rings (SSSR count). The van der Waals surface area contributed by atoms with Crippen LogP contribution in [0.1, 0.15) is 23.7 Å². The Morgan fingerprint density at radius 3 is 3.11 bits per heavy atom. The molecule has 0 spiro atoms. The number of nitrogens with two attached hydrogens (primary N) is 1. The number of amides is 1. The van der Waals surface area contributed by atoms with Gasteiger partial charge in [0.1, 0.15) is 0 Å². The maximum absolute atomic E-state index is 12.4. The van der Waals surface area contributed by atoms with Gasteiger partial charge in [0.25, 0.3) is 5.91 Å². The maximum Gasteiger partial charge on any atom is 0.256 e. The molecule has 0 bridgehead atoms. The van der Waals surface area contributed by atoms with E-state index in [1.54, 1.807) is 23.1 Å².